The molecule has 0 saturated carbocycles. The number of rotatable bonds is 8. The number of anilines is 1. The van der Waals surface area contributed by atoms with Gasteiger partial charge in [-0.3, -0.25) is 23.5 Å². The number of hydrogen-bond acceptors (Lipinski definition) is 11. The van der Waals surface area contributed by atoms with Gasteiger partial charge < -0.3 is 29.4 Å². The van der Waals surface area contributed by atoms with Gasteiger partial charge in [0.15, 0.2) is 0 Å². The van der Waals surface area contributed by atoms with E-state index in [2.05, 4.69) is 9.97 Å². The number of nitrogens with two attached hydrogens (primary N) is 1. The monoisotopic (exact) mass is 513 g/mol. The zero-order valence-corrected chi connectivity index (χ0v) is 20.2. The average molecular weight is 513 g/mol. The second-order valence-electron chi connectivity index (χ2n) is 8.53. The Labute approximate surface area is 199 Å². The summed E-state index contributed by atoms with van der Waals surface area (Å²) in [6.45, 7) is 2.84. The third-order valence-corrected chi connectivity index (χ3v) is 6.92. The Morgan fingerprint density at radius 2 is 1.91 bits per heavy atom. The first-order valence-corrected chi connectivity index (χ1v) is 12.3. The molecule has 4 heterocycles. The van der Waals surface area contributed by atoms with Gasteiger partial charge in [0.1, 0.15) is 24.4 Å². The van der Waals surface area contributed by atoms with Crippen molar-refractivity contribution in [2.24, 2.45) is 0 Å². The number of nitrogens with one attached hydrogen (secondary N) is 1. The smallest absolute Gasteiger partial charge is 0.351 e. The largest absolute Gasteiger partial charge is 0.394 e. The molecule has 2 fully saturated rings. The molecule has 0 spiro atoms. The summed E-state index contributed by atoms with van der Waals surface area (Å²) in [6, 6.07) is 0. The predicted octanol–water partition coefficient (Wildman–Crippen LogP) is -0.259. The van der Waals surface area contributed by atoms with E-state index in [0.29, 0.717) is 24.0 Å². The molecule has 0 amide bonds. The lowest BCUT2D eigenvalue weighted by atomic mass is 10.2. The molecular weight excluding hydrogens is 485 g/mol. The molecule has 15 heteroatoms. The number of aliphatic hydroxyl groups is 1. The van der Waals surface area contributed by atoms with Crippen LogP contribution in [-0.4, -0.2) is 55.7 Å². The number of hydrogen-bond donors (Lipinski definition) is 3. The summed E-state index contributed by atoms with van der Waals surface area (Å²) in [6.07, 6.45) is 0.778. The van der Waals surface area contributed by atoms with Gasteiger partial charge in [0.25, 0.3) is 5.56 Å². The number of aromatic amines is 1. The first-order valence-electron chi connectivity index (χ1n) is 11.1. The van der Waals surface area contributed by atoms with Crippen molar-refractivity contribution in [3.05, 3.63) is 54.8 Å². The normalized spacial score (nSPS) is 27.3. The molecule has 4 unspecified atom stereocenters. The highest BCUT2D eigenvalue weighted by Crippen LogP contribution is 2.38. The molecule has 0 aliphatic carbocycles. The Bertz CT molecular complexity index is 1270. The zero-order chi connectivity index (χ0) is 25.3. The summed E-state index contributed by atoms with van der Waals surface area (Å²) < 4.78 is 37.4. The van der Waals surface area contributed by atoms with Crippen LogP contribution in [0.3, 0.4) is 0 Å². The molecule has 6 atom stereocenters. The summed E-state index contributed by atoms with van der Waals surface area (Å²) in [4.78, 5) is 41.8. The highest BCUT2D eigenvalue weighted by atomic mass is 31.1. The summed E-state index contributed by atoms with van der Waals surface area (Å²) in [7, 11) is -2.99. The number of aliphatic hydroxyl groups excluding tert-OH is 1. The maximum atomic E-state index is 12.5. The van der Waals surface area contributed by atoms with E-state index < -0.39 is 62.6 Å². The van der Waals surface area contributed by atoms with Gasteiger partial charge in [0.05, 0.1) is 25.4 Å². The molecule has 14 nitrogen and oxygen atoms in total. The fourth-order valence-electron chi connectivity index (χ4n) is 4.08. The van der Waals surface area contributed by atoms with Crippen molar-refractivity contribution in [2.75, 3.05) is 18.9 Å². The predicted molar refractivity (Wildman–Crippen MR) is 122 cm³/mol. The van der Waals surface area contributed by atoms with Gasteiger partial charge in [-0.2, -0.15) is 4.98 Å². The van der Waals surface area contributed by atoms with Gasteiger partial charge in [0, 0.05) is 29.9 Å². The van der Waals surface area contributed by atoms with Crippen molar-refractivity contribution in [1.82, 2.24) is 19.1 Å². The van der Waals surface area contributed by atoms with Crippen LogP contribution in [0.4, 0.5) is 5.82 Å². The van der Waals surface area contributed by atoms with Crippen LogP contribution in [0.1, 0.15) is 42.8 Å². The van der Waals surface area contributed by atoms with E-state index in [-0.39, 0.29) is 18.8 Å². The van der Waals surface area contributed by atoms with E-state index in [1.54, 1.807) is 13.8 Å². The van der Waals surface area contributed by atoms with Crippen LogP contribution >= 0.6 is 8.25 Å². The Balaban J connectivity index is 1.31. The fraction of sp³-hybridized carbons (Fsp3) is 0.600. The van der Waals surface area contributed by atoms with Gasteiger partial charge in [0.2, 0.25) is 0 Å². The van der Waals surface area contributed by atoms with E-state index >= 15 is 0 Å². The molecule has 0 aromatic carbocycles. The van der Waals surface area contributed by atoms with Gasteiger partial charge in [-0.1, -0.05) is 0 Å². The molecule has 0 radical (unpaired) electrons. The maximum absolute atomic E-state index is 12.5. The van der Waals surface area contributed by atoms with Crippen LogP contribution in [0, 0.1) is 13.8 Å². The minimum atomic E-state index is -2.99. The second-order valence-corrected chi connectivity index (χ2v) is 9.56. The highest BCUT2D eigenvalue weighted by molar-refractivity contribution is 7.33. The third-order valence-electron chi connectivity index (χ3n) is 6.02. The van der Waals surface area contributed by atoms with Crippen LogP contribution < -0.4 is 22.7 Å². The lowest BCUT2D eigenvalue weighted by molar-refractivity contribution is -0.0451. The maximum Gasteiger partial charge on any atom is 0.351 e. The van der Waals surface area contributed by atoms with E-state index in [9.17, 15) is 24.1 Å². The van der Waals surface area contributed by atoms with E-state index in [4.69, 9.17) is 24.3 Å². The van der Waals surface area contributed by atoms with E-state index in [1.807, 2.05) is 0 Å². The summed E-state index contributed by atoms with van der Waals surface area (Å²) in [5.41, 5.74) is 5.00. The number of H-pyrrole nitrogens is 1. The van der Waals surface area contributed by atoms with E-state index in [1.165, 1.54) is 21.5 Å². The minimum Gasteiger partial charge on any atom is -0.394 e. The van der Waals surface area contributed by atoms with E-state index in [0.717, 1.165) is 0 Å². The Kier molecular flexibility index (Phi) is 7.69. The van der Waals surface area contributed by atoms with Gasteiger partial charge in [-0.25, -0.2) is 9.59 Å². The van der Waals surface area contributed by atoms with Crippen LogP contribution in [0.5, 0.6) is 0 Å². The van der Waals surface area contributed by atoms with Crippen molar-refractivity contribution < 1.29 is 28.2 Å². The average Bonchev–Trinajstić information content (AvgIpc) is 3.44. The van der Waals surface area contributed by atoms with Crippen molar-refractivity contribution in [1.29, 1.82) is 0 Å². The lowest BCUT2D eigenvalue weighted by Gasteiger charge is -2.18. The number of nitrogen functional groups attached to an aromatic ring is 1. The number of ether oxygens (including phenoxy) is 2. The zero-order valence-electron chi connectivity index (χ0n) is 19.2. The molecule has 4 rings (SSSR count). The molecule has 4 N–H and O–H groups in total. The SMILES string of the molecule is Cc1cn([C@H]2CC(O[PH](=O)OCC3CCC(n4cc(C)c(=O)[nH]c4=O)O3)[C@@H](CO)O2)c(=O)nc1N. The minimum absolute atomic E-state index is 0.0350. The van der Waals surface area contributed by atoms with Crippen molar-refractivity contribution in [3.8, 4) is 0 Å². The molecule has 192 valence electrons. The molecule has 0 bridgehead atoms. The second kappa shape index (κ2) is 10.6. The first-order chi connectivity index (χ1) is 16.7. The van der Waals surface area contributed by atoms with Gasteiger partial charge in [-0.15, -0.1) is 0 Å². The molecule has 2 aromatic heterocycles. The van der Waals surface area contributed by atoms with Crippen LogP contribution in [0.2, 0.25) is 0 Å². The molecule has 35 heavy (non-hydrogen) atoms. The lowest BCUT2D eigenvalue weighted by Crippen LogP contribution is -2.33. The quantitative estimate of drug-likeness (QED) is 0.394. The molecule has 2 aliphatic rings. The Hall–Kier alpha value is -2.61. The Morgan fingerprint density at radius 3 is 2.66 bits per heavy atom. The van der Waals surface area contributed by atoms with Crippen molar-refractivity contribution in [2.45, 2.75) is 63.9 Å². The van der Waals surface area contributed by atoms with Gasteiger partial charge in [-0.05, 0) is 26.7 Å². The number of nitrogens with zero attached hydrogens (tertiary/aromatic N) is 3. The summed E-state index contributed by atoms with van der Waals surface area (Å²) in [5, 5.41) is 9.65. The highest BCUT2D eigenvalue weighted by Gasteiger charge is 2.39. The summed E-state index contributed by atoms with van der Waals surface area (Å²) >= 11 is 0. The van der Waals surface area contributed by atoms with Crippen LogP contribution in [-0.2, 0) is 23.1 Å². The molecule has 2 saturated heterocycles. The van der Waals surface area contributed by atoms with Crippen LogP contribution in [0.15, 0.2) is 26.8 Å². The third kappa shape index (κ3) is 5.63. The number of aromatic nitrogens is 4. The standard InChI is InChI=1S/C20H28N5O9P/c1-10-6-25(19(28)22-17(10)21)16-5-13(14(8-26)33-16)34-35(30)31-9-12-3-4-15(32-12)24-7-11(2)18(27)23-20(24)29/h6-7,12-16,26,35H,3-5,8-9H2,1-2H3,(H2,21,22,28)(H,23,27,29)/t12?,13?,14-,15?,16-/m1/s1. The topological polar surface area (TPSA) is 190 Å². The fourth-order valence-corrected chi connectivity index (χ4v) is 4.96. The summed E-state index contributed by atoms with van der Waals surface area (Å²) in [5.74, 6) is 0.117. The van der Waals surface area contributed by atoms with Gasteiger partial charge >= 0.3 is 19.6 Å². The molecular formula is C20H28N5O9P. The molecule has 2 aromatic rings. The Morgan fingerprint density at radius 1 is 1.17 bits per heavy atom. The van der Waals surface area contributed by atoms with Crippen molar-refractivity contribution in [3.63, 3.8) is 0 Å². The molecule has 2 aliphatic heterocycles. The van der Waals surface area contributed by atoms with Crippen molar-refractivity contribution >= 4 is 14.1 Å². The van der Waals surface area contributed by atoms with Crippen LogP contribution in [0.25, 0.3) is 0 Å². The number of aryl methyl sites for hydroxylation is 2. The first kappa shape index (κ1) is 25.5.